The molecular weight excluding hydrogens is 258 g/mol. The van der Waals surface area contributed by atoms with Gasteiger partial charge in [-0.25, -0.2) is 0 Å². The normalized spacial score (nSPS) is 12.8. The molecule has 0 aliphatic heterocycles. The molecule has 0 heterocycles. The maximum Gasteiger partial charge on any atom is 0.306 e. The highest BCUT2D eigenvalue weighted by molar-refractivity contribution is 5.85. The number of rotatable bonds is 7. The topological polar surface area (TPSA) is 66.4 Å². The molecule has 0 aliphatic rings. The van der Waals surface area contributed by atoms with E-state index in [-0.39, 0.29) is 30.7 Å². The number of halogens is 1. The first kappa shape index (κ1) is 19.5. The zero-order valence-corrected chi connectivity index (χ0v) is 12.6. The molecule has 0 unspecified atom stereocenters. The van der Waals surface area contributed by atoms with Crippen LogP contribution in [0.3, 0.4) is 0 Å². The maximum absolute atomic E-state index is 11.5. The molecule has 0 amide bonds. The van der Waals surface area contributed by atoms with E-state index < -0.39 is 12.1 Å². The average molecular weight is 282 g/mol. The van der Waals surface area contributed by atoms with Gasteiger partial charge in [0.2, 0.25) is 0 Å². The second kappa shape index (κ2) is 8.32. The number of likely N-dealkylation sites (N-methyl/N-ethyl adjacent to an activating group) is 1. The van der Waals surface area contributed by atoms with Crippen LogP contribution in [0.1, 0.15) is 26.7 Å². The number of carboxylic acid groups (broad SMARTS) is 1. The van der Waals surface area contributed by atoms with Gasteiger partial charge in [0.15, 0.2) is 6.10 Å². The third kappa shape index (κ3) is 11.7. The molecule has 0 saturated carbocycles. The SMILES string of the molecule is CC(C)CC(=O)O[C@H](CC(=O)[O-])C[N+](C)(C)C.Cl. The largest absolute Gasteiger partial charge is 0.550 e. The summed E-state index contributed by atoms with van der Waals surface area (Å²) in [5, 5.41) is 10.6. The molecule has 0 N–H and O–H groups in total. The van der Waals surface area contributed by atoms with Crippen molar-refractivity contribution in [3.8, 4) is 0 Å². The number of carboxylic acids is 1. The van der Waals surface area contributed by atoms with Crippen LogP contribution in [0.15, 0.2) is 0 Å². The summed E-state index contributed by atoms with van der Waals surface area (Å²) < 4.78 is 5.71. The van der Waals surface area contributed by atoms with Gasteiger partial charge in [0.25, 0.3) is 0 Å². The summed E-state index contributed by atoms with van der Waals surface area (Å²) in [4.78, 5) is 22.1. The molecule has 0 saturated heterocycles. The average Bonchev–Trinajstić information content (AvgIpc) is 1.95. The third-order valence-electron chi connectivity index (χ3n) is 2.02. The van der Waals surface area contributed by atoms with Gasteiger partial charge in [-0.2, -0.15) is 0 Å². The molecule has 6 heteroatoms. The lowest BCUT2D eigenvalue weighted by atomic mass is 10.1. The lowest BCUT2D eigenvalue weighted by Crippen LogP contribution is -2.45. The van der Waals surface area contributed by atoms with Crippen molar-refractivity contribution in [2.24, 2.45) is 5.92 Å². The number of hydrogen-bond donors (Lipinski definition) is 0. The van der Waals surface area contributed by atoms with Crippen LogP contribution < -0.4 is 5.11 Å². The number of hydrogen-bond acceptors (Lipinski definition) is 4. The first-order chi connectivity index (χ1) is 7.60. The van der Waals surface area contributed by atoms with Crippen LogP contribution in [0, 0.1) is 5.92 Å². The van der Waals surface area contributed by atoms with Crippen LogP contribution in [-0.2, 0) is 14.3 Å². The van der Waals surface area contributed by atoms with Gasteiger partial charge in [-0.15, -0.1) is 12.4 Å². The Hall–Kier alpha value is -0.810. The van der Waals surface area contributed by atoms with Gasteiger partial charge in [-0.3, -0.25) is 4.79 Å². The number of quaternary nitrogens is 1. The van der Waals surface area contributed by atoms with Gasteiger partial charge in [0.05, 0.1) is 21.1 Å². The van der Waals surface area contributed by atoms with E-state index in [1.54, 1.807) is 0 Å². The number of nitrogens with zero attached hydrogens (tertiary/aromatic N) is 1. The van der Waals surface area contributed by atoms with Crippen LogP contribution in [0.25, 0.3) is 0 Å². The first-order valence-electron chi connectivity index (χ1n) is 5.80. The summed E-state index contributed by atoms with van der Waals surface area (Å²) in [7, 11) is 5.75. The molecule has 0 aromatic carbocycles. The Balaban J connectivity index is 0. The molecule has 18 heavy (non-hydrogen) atoms. The van der Waals surface area contributed by atoms with Crippen molar-refractivity contribution in [1.29, 1.82) is 0 Å². The van der Waals surface area contributed by atoms with Crippen molar-refractivity contribution >= 4 is 24.3 Å². The summed E-state index contributed by atoms with van der Waals surface area (Å²) in [5.74, 6) is -1.34. The number of esters is 1. The van der Waals surface area contributed by atoms with Crippen LogP contribution in [0.5, 0.6) is 0 Å². The smallest absolute Gasteiger partial charge is 0.306 e. The van der Waals surface area contributed by atoms with Crippen LogP contribution in [-0.4, -0.2) is 50.2 Å². The van der Waals surface area contributed by atoms with Gasteiger partial charge in [0, 0.05) is 18.8 Å². The molecule has 108 valence electrons. The first-order valence-corrected chi connectivity index (χ1v) is 5.80. The number of ether oxygens (including phenoxy) is 1. The highest BCUT2D eigenvalue weighted by Crippen LogP contribution is 2.08. The lowest BCUT2D eigenvalue weighted by Gasteiger charge is -2.29. The van der Waals surface area contributed by atoms with Crippen LogP contribution >= 0.6 is 12.4 Å². The molecule has 0 aromatic heterocycles. The van der Waals surface area contributed by atoms with Gasteiger partial charge in [-0.1, -0.05) is 13.8 Å². The molecule has 0 radical (unpaired) electrons. The number of carbonyl (C=O) groups is 2. The van der Waals surface area contributed by atoms with Crippen molar-refractivity contribution in [3.63, 3.8) is 0 Å². The fraction of sp³-hybridized carbons (Fsp3) is 0.833. The Morgan fingerprint density at radius 2 is 1.67 bits per heavy atom. The second-order valence-corrected chi connectivity index (χ2v) is 5.76. The molecular formula is C12H24ClNO4. The summed E-state index contributed by atoms with van der Waals surface area (Å²) in [5.41, 5.74) is 0. The number of aliphatic carboxylic acids is 1. The molecule has 1 atom stereocenters. The molecule has 0 fully saturated rings. The molecule has 0 bridgehead atoms. The van der Waals surface area contributed by atoms with E-state index >= 15 is 0 Å². The molecule has 0 aliphatic carbocycles. The summed E-state index contributed by atoms with van der Waals surface area (Å²) in [6.45, 7) is 4.28. The van der Waals surface area contributed by atoms with E-state index in [0.717, 1.165) is 0 Å². The van der Waals surface area contributed by atoms with Gasteiger partial charge in [0.1, 0.15) is 6.54 Å². The van der Waals surface area contributed by atoms with Crippen molar-refractivity contribution < 1.29 is 23.9 Å². The predicted molar refractivity (Wildman–Crippen MR) is 69.1 cm³/mol. The van der Waals surface area contributed by atoms with E-state index in [4.69, 9.17) is 4.74 Å². The molecule has 0 spiro atoms. The number of carbonyl (C=O) groups excluding carboxylic acids is 2. The predicted octanol–water partition coefficient (Wildman–Crippen LogP) is 0.212. The lowest BCUT2D eigenvalue weighted by molar-refractivity contribution is -0.873. The molecule has 0 aromatic rings. The minimum atomic E-state index is -1.19. The van der Waals surface area contributed by atoms with E-state index in [1.165, 1.54) is 0 Å². The summed E-state index contributed by atoms with van der Waals surface area (Å²) >= 11 is 0. The van der Waals surface area contributed by atoms with Gasteiger partial charge < -0.3 is 19.1 Å². The van der Waals surface area contributed by atoms with Gasteiger partial charge in [-0.05, 0) is 5.92 Å². The van der Waals surface area contributed by atoms with Crippen molar-refractivity contribution in [3.05, 3.63) is 0 Å². The Morgan fingerprint density at radius 3 is 2.00 bits per heavy atom. The van der Waals surface area contributed by atoms with Crippen LogP contribution in [0.4, 0.5) is 0 Å². The van der Waals surface area contributed by atoms with E-state index in [1.807, 2.05) is 35.0 Å². The van der Waals surface area contributed by atoms with Crippen molar-refractivity contribution in [2.45, 2.75) is 32.8 Å². The Labute approximate surface area is 115 Å². The van der Waals surface area contributed by atoms with E-state index in [2.05, 4.69) is 0 Å². The highest BCUT2D eigenvalue weighted by Gasteiger charge is 2.22. The zero-order chi connectivity index (χ0) is 13.6. The Morgan fingerprint density at radius 1 is 1.17 bits per heavy atom. The van der Waals surface area contributed by atoms with Crippen LogP contribution in [0.2, 0.25) is 0 Å². The van der Waals surface area contributed by atoms with Crippen molar-refractivity contribution in [2.75, 3.05) is 27.7 Å². The quantitative estimate of drug-likeness (QED) is 0.494. The molecule has 0 rings (SSSR count). The molecule has 5 nitrogen and oxygen atoms in total. The monoisotopic (exact) mass is 281 g/mol. The summed E-state index contributed by atoms with van der Waals surface area (Å²) in [6, 6.07) is 0. The third-order valence-corrected chi connectivity index (χ3v) is 2.02. The Kier molecular flexibility index (Phi) is 9.03. The fourth-order valence-corrected chi connectivity index (χ4v) is 1.51. The fourth-order valence-electron chi connectivity index (χ4n) is 1.51. The van der Waals surface area contributed by atoms with Gasteiger partial charge >= 0.3 is 5.97 Å². The zero-order valence-electron chi connectivity index (χ0n) is 11.8. The minimum absolute atomic E-state index is 0. The Bertz CT molecular complexity index is 274. The highest BCUT2D eigenvalue weighted by atomic mass is 35.5. The standard InChI is InChI=1S/C12H23NO4.ClH/c1-9(2)6-12(16)17-10(7-11(14)15)8-13(3,4)5;/h9-10H,6-8H2,1-5H3;1H/t10-;/m1./s1. The second-order valence-electron chi connectivity index (χ2n) is 5.76. The summed E-state index contributed by atoms with van der Waals surface area (Å²) in [6.07, 6.45) is -0.564. The van der Waals surface area contributed by atoms with E-state index in [9.17, 15) is 14.7 Å². The minimum Gasteiger partial charge on any atom is -0.550 e. The maximum atomic E-state index is 11.5. The van der Waals surface area contributed by atoms with Crippen molar-refractivity contribution in [1.82, 2.24) is 0 Å². The van der Waals surface area contributed by atoms with E-state index in [0.29, 0.717) is 17.4 Å².